The first-order chi connectivity index (χ1) is 11.4. The van der Waals surface area contributed by atoms with Crippen LogP contribution < -0.4 is 17.2 Å². The van der Waals surface area contributed by atoms with E-state index in [4.69, 9.17) is 17.2 Å². The highest BCUT2D eigenvalue weighted by Crippen LogP contribution is 2.07. The summed E-state index contributed by atoms with van der Waals surface area (Å²) in [5.41, 5.74) is 22.6. The minimum absolute atomic E-state index is 0. The maximum absolute atomic E-state index is 5.52. The number of aryl methyl sites for hydroxylation is 3. The topological polar surface area (TPSA) is 78.1 Å². The minimum atomic E-state index is 0. The summed E-state index contributed by atoms with van der Waals surface area (Å²) >= 11 is 0. The third kappa shape index (κ3) is 8.86. The van der Waals surface area contributed by atoms with Gasteiger partial charge >= 0.3 is 0 Å². The van der Waals surface area contributed by atoms with Crippen molar-refractivity contribution in [2.45, 2.75) is 20.8 Å². The van der Waals surface area contributed by atoms with E-state index in [1.165, 1.54) is 0 Å². The van der Waals surface area contributed by atoms with E-state index in [9.17, 15) is 0 Å². The van der Waals surface area contributed by atoms with Crippen LogP contribution in [-0.4, -0.2) is 17.4 Å². The summed E-state index contributed by atoms with van der Waals surface area (Å²) in [6.45, 7) is 5.99. The van der Waals surface area contributed by atoms with Crippen molar-refractivity contribution in [2.75, 3.05) is 17.2 Å². The molecular formula is C21H27AlN3. The Labute approximate surface area is 162 Å². The lowest BCUT2D eigenvalue weighted by molar-refractivity contribution is 1.47. The van der Waals surface area contributed by atoms with Gasteiger partial charge < -0.3 is 17.2 Å². The lowest BCUT2D eigenvalue weighted by atomic mass is 10.2. The molecule has 0 aromatic heterocycles. The van der Waals surface area contributed by atoms with Crippen LogP contribution in [0, 0.1) is 20.8 Å². The minimum Gasteiger partial charge on any atom is -0.399 e. The Hall–Kier alpha value is -2.41. The zero-order chi connectivity index (χ0) is 17.9. The van der Waals surface area contributed by atoms with Crippen LogP contribution in [0.15, 0.2) is 72.8 Å². The van der Waals surface area contributed by atoms with E-state index >= 15 is 0 Å². The van der Waals surface area contributed by atoms with Crippen molar-refractivity contribution in [2.24, 2.45) is 0 Å². The first-order valence-corrected chi connectivity index (χ1v) is 7.85. The maximum atomic E-state index is 5.52. The van der Waals surface area contributed by atoms with Crippen LogP contribution in [0.4, 0.5) is 17.1 Å². The molecule has 25 heavy (non-hydrogen) atoms. The molecule has 3 aromatic carbocycles. The Kier molecular flexibility index (Phi) is 10.9. The summed E-state index contributed by atoms with van der Waals surface area (Å²) in [6.07, 6.45) is 0. The van der Waals surface area contributed by atoms with Gasteiger partial charge in [0.15, 0.2) is 0 Å². The van der Waals surface area contributed by atoms with Crippen LogP contribution in [-0.2, 0) is 0 Å². The molecule has 3 radical (unpaired) electrons. The van der Waals surface area contributed by atoms with Gasteiger partial charge in [-0.15, -0.1) is 0 Å². The smallest absolute Gasteiger partial charge is 0.0343 e. The van der Waals surface area contributed by atoms with E-state index in [2.05, 4.69) is 0 Å². The average molecular weight is 348 g/mol. The van der Waals surface area contributed by atoms with Crippen LogP contribution in [0.2, 0.25) is 0 Å². The maximum Gasteiger partial charge on any atom is 0.0343 e. The van der Waals surface area contributed by atoms with Gasteiger partial charge in [0.1, 0.15) is 0 Å². The molecule has 0 amide bonds. The molecule has 4 heteroatoms. The molecular weight excluding hydrogens is 321 g/mol. The molecule has 3 aromatic rings. The number of benzene rings is 3. The van der Waals surface area contributed by atoms with Gasteiger partial charge in [-0.25, -0.2) is 0 Å². The van der Waals surface area contributed by atoms with Gasteiger partial charge in [-0.05, 0) is 55.7 Å². The van der Waals surface area contributed by atoms with E-state index in [0.717, 1.165) is 33.8 Å². The lowest BCUT2D eigenvalue weighted by Gasteiger charge is -1.93. The molecule has 0 aliphatic carbocycles. The van der Waals surface area contributed by atoms with Crippen molar-refractivity contribution in [1.82, 2.24) is 0 Å². The van der Waals surface area contributed by atoms with E-state index in [1.807, 2.05) is 93.6 Å². The Morgan fingerprint density at radius 3 is 0.760 bits per heavy atom. The van der Waals surface area contributed by atoms with Gasteiger partial charge in [0, 0.05) is 34.4 Å². The number of para-hydroxylation sites is 3. The molecule has 0 aliphatic heterocycles. The summed E-state index contributed by atoms with van der Waals surface area (Å²) in [6, 6.07) is 23.4. The molecule has 3 rings (SSSR count). The standard InChI is InChI=1S/3C7H9N.Al/c3*1-6-4-2-3-5-7(6)8;/h3*2-5H,8H2,1H3;. The number of nitrogens with two attached hydrogens (primary N) is 3. The van der Waals surface area contributed by atoms with Crippen molar-refractivity contribution >= 4 is 34.4 Å². The van der Waals surface area contributed by atoms with Crippen molar-refractivity contribution < 1.29 is 0 Å². The van der Waals surface area contributed by atoms with Gasteiger partial charge in [-0.1, -0.05) is 54.6 Å². The Bertz CT molecular complexity index is 591. The monoisotopic (exact) mass is 348 g/mol. The van der Waals surface area contributed by atoms with Gasteiger partial charge in [-0.2, -0.15) is 0 Å². The van der Waals surface area contributed by atoms with Crippen molar-refractivity contribution in [3.05, 3.63) is 89.5 Å². The molecule has 0 bridgehead atoms. The Balaban J connectivity index is 0.000000339. The third-order valence-corrected chi connectivity index (χ3v) is 3.57. The molecule has 6 N–H and O–H groups in total. The fourth-order valence-electron chi connectivity index (χ4n) is 1.76. The summed E-state index contributed by atoms with van der Waals surface area (Å²) in [4.78, 5) is 0. The van der Waals surface area contributed by atoms with E-state index in [-0.39, 0.29) is 17.4 Å². The highest BCUT2D eigenvalue weighted by atomic mass is 27.0. The fourth-order valence-corrected chi connectivity index (χ4v) is 1.76. The molecule has 0 spiro atoms. The van der Waals surface area contributed by atoms with E-state index in [0.29, 0.717) is 0 Å². The van der Waals surface area contributed by atoms with Crippen LogP contribution in [0.5, 0.6) is 0 Å². The van der Waals surface area contributed by atoms with Crippen LogP contribution in [0.3, 0.4) is 0 Å². The average Bonchev–Trinajstić information content (AvgIpc) is 2.57. The predicted molar refractivity (Wildman–Crippen MR) is 113 cm³/mol. The lowest BCUT2D eigenvalue weighted by Crippen LogP contribution is -1.85. The quantitative estimate of drug-likeness (QED) is 0.417. The molecule has 0 atom stereocenters. The normalized spacial score (nSPS) is 8.76. The number of rotatable bonds is 0. The molecule has 3 nitrogen and oxygen atoms in total. The van der Waals surface area contributed by atoms with Gasteiger partial charge in [-0.3, -0.25) is 0 Å². The Morgan fingerprint density at radius 1 is 0.440 bits per heavy atom. The first-order valence-electron chi connectivity index (χ1n) is 7.85. The molecule has 0 unspecified atom stereocenters. The number of hydrogen-bond donors (Lipinski definition) is 3. The van der Waals surface area contributed by atoms with E-state index < -0.39 is 0 Å². The molecule has 0 heterocycles. The highest BCUT2D eigenvalue weighted by Gasteiger charge is 1.85. The molecule has 129 valence electrons. The van der Waals surface area contributed by atoms with Crippen LogP contribution >= 0.6 is 0 Å². The van der Waals surface area contributed by atoms with Gasteiger partial charge in [0.25, 0.3) is 0 Å². The molecule has 0 saturated carbocycles. The van der Waals surface area contributed by atoms with Crippen LogP contribution in [0.25, 0.3) is 0 Å². The summed E-state index contributed by atoms with van der Waals surface area (Å²) in [7, 11) is 0. The molecule has 0 aliphatic rings. The third-order valence-electron chi connectivity index (χ3n) is 3.57. The summed E-state index contributed by atoms with van der Waals surface area (Å²) in [5.74, 6) is 0. The van der Waals surface area contributed by atoms with E-state index in [1.54, 1.807) is 0 Å². The second-order valence-electron chi connectivity index (χ2n) is 5.57. The second kappa shape index (κ2) is 12.0. The molecule has 0 fully saturated rings. The highest BCUT2D eigenvalue weighted by molar-refractivity contribution is 5.75. The SMILES string of the molecule is Cc1ccccc1N.Cc1ccccc1N.Cc1ccccc1N.[Al]. The zero-order valence-electron chi connectivity index (χ0n) is 15.2. The second-order valence-corrected chi connectivity index (χ2v) is 5.57. The molecule has 0 saturated heterocycles. The summed E-state index contributed by atoms with van der Waals surface area (Å²) < 4.78 is 0. The van der Waals surface area contributed by atoms with Gasteiger partial charge in [0.2, 0.25) is 0 Å². The fraction of sp³-hybridized carbons (Fsp3) is 0.143. The van der Waals surface area contributed by atoms with Crippen molar-refractivity contribution in [1.29, 1.82) is 0 Å². The van der Waals surface area contributed by atoms with Crippen molar-refractivity contribution in [3.8, 4) is 0 Å². The Morgan fingerprint density at radius 2 is 0.640 bits per heavy atom. The van der Waals surface area contributed by atoms with Crippen LogP contribution in [0.1, 0.15) is 16.7 Å². The van der Waals surface area contributed by atoms with Crippen molar-refractivity contribution in [3.63, 3.8) is 0 Å². The zero-order valence-corrected chi connectivity index (χ0v) is 16.4. The van der Waals surface area contributed by atoms with Gasteiger partial charge in [0.05, 0.1) is 0 Å². The largest absolute Gasteiger partial charge is 0.399 e. The predicted octanol–water partition coefficient (Wildman–Crippen LogP) is 4.35. The summed E-state index contributed by atoms with van der Waals surface area (Å²) in [5, 5.41) is 0. The number of anilines is 3. The number of hydrogen-bond acceptors (Lipinski definition) is 3. The number of nitrogen functional groups attached to an aromatic ring is 3. The first kappa shape index (κ1) is 22.6.